The molecule has 0 atom stereocenters. The highest BCUT2D eigenvalue weighted by Crippen LogP contribution is 2.21. The summed E-state index contributed by atoms with van der Waals surface area (Å²) in [5.41, 5.74) is 1.75. The maximum Gasteiger partial charge on any atom is 0.259 e. The van der Waals surface area contributed by atoms with Crippen molar-refractivity contribution >= 4 is 10.9 Å². The number of aromatic amines is 1. The van der Waals surface area contributed by atoms with Crippen LogP contribution in [0.4, 0.5) is 0 Å². The van der Waals surface area contributed by atoms with Gasteiger partial charge in [-0.3, -0.25) is 4.79 Å². The smallest absolute Gasteiger partial charge is 0.259 e. The van der Waals surface area contributed by atoms with Crippen molar-refractivity contribution in [1.82, 2.24) is 15.1 Å². The topological polar surface area (TPSA) is 71.8 Å². The zero-order valence-electron chi connectivity index (χ0n) is 11.5. The maximum atomic E-state index is 12.2. The zero-order chi connectivity index (χ0) is 14.9. The zero-order valence-corrected chi connectivity index (χ0v) is 11.5. The van der Waals surface area contributed by atoms with E-state index in [0.717, 1.165) is 16.5 Å². The van der Waals surface area contributed by atoms with Crippen LogP contribution in [0.5, 0.6) is 0 Å². The highest BCUT2D eigenvalue weighted by molar-refractivity contribution is 5.82. The summed E-state index contributed by atoms with van der Waals surface area (Å²) in [4.78, 5) is 19.4. The maximum absolute atomic E-state index is 12.2. The van der Waals surface area contributed by atoms with E-state index < -0.39 is 0 Å². The number of aromatic nitrogens is 3. The third kappa shape index (κ3) is 2.09. The van der Waals surface area contributed by atoms with Crippen LogP contribution in [-0.2, 0) is 0 Å². The molecule has 2 heterocycles. The summed E-state index contributed by atoms with van der Waals surface area (Å²) >= 11 is 0. The van der Waals surface area contributed by atoms with Crippen LogP contribution in [0.25, 0.3) is 33.7 Å². The molecule has 106 valence electrons. The molecule has 0 saturated carbocycles. The minimum atomic E-state index is -0.237. The first-order chi connectivity index (χ1) is 10.8. The van der Waals surface area contributed by atoms with Crippen LogP contribution in [0.15, 0.2) is 70.0 Å². The van der Waals surface area contributed by atoms with Crippen LogP contribution in [0.3, 0.4) is 0 Å². The number of benzene rings is 2. The Hall–Kier alpha value is -3.21. The molecular weight excluding hydrogens is 278 g/mol. The lowest BCUT2D eigenvalue weighted by Crippen LogP contribution is -2.09. The number of nitrogens with one attached hydrogen (secondary N) is 1. The molecule has 22 heavy (non-hydrogen) atoms. The Balaban J connectivity index is 1.84. The fourth-order valence-electron chi connectivity index (χ4n) is 2.34. The second-order valence-corrected chi connectivity index (χ2v) is 4.89. The van der Waals surface area contributed by atoms with Crippen molar-refractivity contribution < 1.29 is 4.52 Å². The summed E-state index contributed by atoms with van der Waals surface area (Å²) < 4.78 is 5.26. The second-order valence-electron chi connectivity index (χ2n) is 4.89. The largest absolute Gasteiger partial charge is 0.334 e. The highest BCUT2D eigenvalue weighted by Gasteiger charge is 2.14. The van der Waals surface area contributed by atoms with E-state index >= 15 is 0 Å². The average Bonchev–Trinajstić information content (AvgIpc) is 3.05. The monoisotopic (exact) mass is 289 g/mol. The molecule has 2 aromatic carbocycles. The fourth-order valence-corrected chi connectivity index (χ4v) is 2.34. The van der Waals surface area contributed by atoms with E-state index in [9.17, 15) is 4.79 Å². The Morgan fingerprint density at radius 3 is 2.59 bits per heavy atom. The van der Waals surface area contributed by atoms with E-state index in [4.69, 9.17) is 4.52 Å². The van der Waals surface area contributed by atoms with Crippen molar-refractivity contribution in [2.24, 2.45) is 0 Å². The van der Waals surface area contributed by atoms with E-state index in [1.165, 1.54) is 0 Å². The van der Waals surface area contributed by atoms with Crippen LogP contribution in [0.2, 0.25) is 0 Å². The molecule has 0 aliphatic carbocycles. The summed E-state index contributed by atoms with van der Waals surface area (Å²) in [7, 11) is 0. The Morgan fingerprint density at radius 2 is 1.73 bits per heavy atom. The van der Waals surface area contributed by atoms with Crippen molar-refractivity contribution in [3.05, 3.63) is 71.0 Å². The molecule has 0 radical (unpaired) electrons. The summed E-state index contributed by atoms with van der Waals surface area (Å²) in [5.74, 6) is 0.675. The van der Waals surface area contributed by atoms with Gasteiger partial charge in [0.25, 0.3) is 11.4 Å². The molecule has 0 amide bonds. The highest BCUT2D eigenvalue weighted by atomic mass is 16.5. The van der Waals surface area contributed by atoms with Gasteiger partial charge in [-0.15, -0.1) is 0 Å². The molecule has 2 aromatic heterocycles. The number of nitrogens with zero attached hydrogens (tertiary/aromatic N) is 2. The Morgan fingerprint density at radius 1 is 0.955 bits per heavy atom. The molecule has 4 rings (SSSR count). The average molecular weight is 289 g/mol. The van der Waals surface area contributed by atoms with Crippen molar-refractivity contribution in [2.75, 3.05) is 0 Å². The number of pyridine rings is 1. The van der Waals surface area contributed by atoms with E-state index in [1.807, 2.05) is 54.6 Å². The molecule has 0 spiro atoms. The van der Waals surface area contributed by atoms with Gasteiger partial charge in [-0.05, 0) is 29.7 Å². The normalized spacial score (nSPS) is 10.9. The first-order valence-corrected chi connectivity index (χ1v) is 6.83. The molecule has 1 N–H and O–H groups in total. The lowest BCUT2D eigenvalue weighted by Gasteiger charge is -1.99. The molecule has 4 aromatic rings. The first kappa shape index (κ1) is 12.5. The van der Waals surface area contributed by atoms with Crippen LogP contribution in [0, 0.1) is 0 Å². The number of para-hydroxylation sites is 1. The third-order valence-corrected chi connectivity index (χ3v) is 3.44. The lowest BCUT2D eigenvalue weighted by molar-refractivity contribution is 0.432. The van der Waals surface area contributed by atoms with Gasteiger partial charge in [-0.25, -0.2) is 0 Å². The number of hydrogen-bond donors (Lipinski definition) is 1. The summed E-state index contributed by atoms with van der Waals surface area (Å²) in [6, 6.07) is 18.8. The Labute approximate surface area is 125 Å². The number of rotatable bonds is 2. The van der Waals surface area contributed by atoms with Crippen LogP contribution < -0.4 is 5.56 Å². The molecule has 0 saturated heterocycles. The van der Waals surface area contributed by atoms with Gasteiger partial charge in [0.2, 0.25) is 5.82 Å². The van der Waals surface area contributed by atoms with Crippen molar-refractivity contribution in [2.45, 2.75) is 0 Å². The number of H-pyrrole nitrogens is 1. The predicted molar refractivity (Wildman–Crippen MR) is 83.3 cm³/mol. The van der Waals surface area contributed by atoms with Gasteiger partial charge in [-0.2, -0.15) is 4.98 Å². The fraction of sp³-hybridized carbons (Fsp3) is 0. The Kier molecular flexibility index (Phi) is 2.83. The van der Waals surface area contributed by atoms with Gasteiger partial charge in [0.1, 0.15) is 0 Å². The third-order valence-electron chi connectivity index (χ3n) is 3.44. The molecule has 0 bridgehead atoms. The van der Waals surface area contributed by atoms with Crippen LogP contribution >= 0.6 is 0 Å². The van der Waals surface area contributed by atoms with Gasteiger partial charge in [-0.1, -0.05) is 41.6 Å². The van der Waals surface area contributed by atoms with Gasteiger partial charge in [0.05, 0.1) is 5.56 Å². The van der Waals surface area contributed by atoms with E-state index in [0.29, 0.717) is 11.5 Å². The van der Waals surface area contributed by atoms with Crippen molar-refractivity contribution in [1.29, 1.82) is 0 Å². The molecule has 0 aliphatic heterocycles. The summed E-state index contributed by atoms with van der Waals surface area (Å²) in [6.07, 6.45) is 0. The molecular formula is C17H11N3O2. The standard InChI is InChI=1S/C17H11N3O2/c21-16-13(10-12-8-4-5-9-14(12)18-16)15-19-17(22-20-15)11-6-2-1-3-7-11/h1-10H,(H,18,21). The molecule has 0 fully saturated rings. The van der Waals surface area contributed by atoms with E-state index in [2.05, 4.69) is 15.1 Å². The van der Waals surface area contributed by atoms with Crippen LogP contribution in [0.1, 0.15) is 0 Å². The SMILES string of the molecule is O=c1[nH]c2ccccc2cc1-c1noc(-c2ccccc2)n1. The quantitative estimate of drug-likeness (QED) is 0.615. The molecule has 0 unspecified atom stereocenters. The first-order valence-electron chi connectivity index (χ1n) is 6.83. The Bertz CT molecular complexity index is 1000. The second kappa shape index (κ2) is 4.96. The molecule has 0 aliphatic rings. The predicted octanol–water partition coefficient (Wildman–Crippen LogP) is 3.25. The summed E-state index contributed by atoms with van der Waals surface area (Å²) in [5, 5.41) is 4.84. The van der Waals surface area contributed by atoms with Gasteiger partial charge in [0.15, 0.2) is 0 Å². The minimum absolute atomic E-state index is 0.237. The molecule has 5 heteroatoms. The lowest BCUT2D eigenvalue weighted by atomic mass is 10.1. The van der Waals surface area contributed by atoms with Gasteiger partial charge in [0, 0.05) is 11.1 Å². The number of hydrogen-bond acceptors (Lipinski definition) is 4. The minimum Gasteiger partial charge on any atom is -0.334 e. The van der Waals surface area contributed by atoms with E-state index in [1.54, 1.807) is 6.07 Å². The van der Waals surface area contributed by atoms with Gasteiger partial charge < -0.3 is 9.51 Å². The number of fused-ring (bicyclic) bond motifs is 1. The van der Waals surface area contributed by atoms with Crippen molar-refractivity contribution in [3.63, 3.8) is 0 Å². The van der Waals surface area contributed by atoms with Crippen LogP contribution in [-0.4, -0.2) is 15.1 Å². The molecule has 5 nitrogen and oxygen atoms in total. The van der Waals surface area contributed by atoms with Crippen molar-refractivity contribution in [3.8, 4) is 22.8 Å². The summed E-state index contributed by atoms with van der Waals surface area (Å²) in [6.45, 7) is 0. The van der Waals surface area contributed by atoms with Gasteiger partial charge >= 0.3 is 0 Å². The van der Waals surface area contributed by atoms with E-state index in [-0.39, 0.29) is 11.4 Å².